The van der Waals surface area contributed by atoms with E-state index < -0.39 is 0 Å². The number of fused-ring (bicyclic) bond motifs is 1. The number of carbonyl (C=O) groups is 1. The SMILES string of the molecule is Cc1ccc(-c2csc3c(=O)n(CC(=O)NCc4ccccc4Cl)cnc23)cc1. The average molecular weight is 424 g/mol. The summed E-state index contributed by atoms with van der Waals surface area (Å²) < 4.78 is 1.88. The summed E-state index contributed by atoms with van der Waals surface area (Å²) in [5.41, 5.74) is 4.39. The third kappa shape index (κ3) is 4.09. The monoisotopic (exact) mass is 423 g/mol. The normalized spacial score (nSPS) is 11.0. The average Bonchev–Trinajstić information content (AvgIpc) is 3.15. The molecule has 0 atom stereocenters. The predicted octanol–water partition coefficient (Wildman–Crippen LogP) is 4.40. The van der Waals surface area contributed by atoms with Crippen molar-refractivity contribution in [2.45, 2.75) is 20.0 Å². The Morgan fingerprint density at radius 3 is 2.69 bits per heavy atom. The van der Waals surface area contributed by atoms with Crippen LogP contribution in [0.2, 0.25) is 5.02 Å². The number of carbonyl (C=O) groups excluding carboxylic acids is 1. The summed E-state index contributed by atoms with van der Waals surface area (Å²) in [5.74, 6) is -0.275. The second kappa shape index (κ2) is 8.19. The van der Waals surface area contributed by atoms with Gasteiger partial charge in [0.2, 0.25) is 5.91 Å². The lowest BCUT2D eigenvalue weighted by Crippen LogP contribution is -2.32. The second-order valence-corrected chi connectivity index (χ2v) is 8.03. The first-order valence-corrected chi connectivity index (χ1v) is 10.3. The number of thiophene rings is 1. The number of amides is 1. The Kier molecular flexibility index (Phi) is 5.47. The zero-order valence-electron chi connectivity index (χ0n) is 15.7. The van der Waals surface area contributed by atoms with Crippen LogP contribution in [0.4, 0.5) is 0 Å². The predicted molar refractivity (Wildman–Crippen MR) is 117 cm³/mol. The van der Waals surface area contributed by atoms with Gasteiger partial charge in [0.15, 0.2) is 0 Å². The number of aryl methyl sites for hydroxylation is 1. The maximum Gasteiger partial charge on any atom is 0.271 e. The fourth-order valence-corrected chi connectivity index (χ4v) is 4.22. The van der Waals surface area contributed by atoms with E-state index in [1.54, 1.807) is 6.07 Å². The number of benzene rings is 2. The van der Waals surface area contributed by atoms with Crippen LogP contribution in [-0.2, 0) is 17.9 Å². The third-order valence-corrected chi connectivity index (χ3v) is 5.98. The number of hydrogen-bond donors (Lipinski definition) is 1. The molecule has 5 nitrogen and oxygen atoms in total. The molecule has 146 valence electrons. The van der Waals surface area contributed by atoms with Crippen molar-refractivity contribution in [1.29, 1.82) is 0 Å². The Balaban J connectivity index is 1.53. The fraction of sp³-hybridized carbons (Fsp3) is 0.136. The Morgan fingerprint density at radius 1 is 1.17 bits per heavy atom. The van der Waals surface area contributed by atoms with Crippen molar-refractivity contribution in [2.24, 2.45) is 0 Å². The van der Waals surface area contributed by atoms with Crippen LogP contribution < -0.4 is 10.9 Å². The highest BCUT2D eigenvalue weighted by molar-refractivity contribution is 7.17. The van der Waals surface area contributed by atoms with Crippen molar-refractivity contribution in [1.82, 2.24) is 14.9 Å². The quantitative estimate of drug-likeness (QED) is 0.517. The summed E-state index contributed by atoms with van der Waals surface area (Å²) >= 11 is 7.45. The van der Waals surface area contributed by atoms with Gasteiger partial charge in [-0.2, -0.15) is 0 Å². The number of hydrogen-bond acceptors (Lipinski definition) is 4. The maximum atomic E-state index is 12.8. The molecule has 0 fully saturated rings. The number of rotatable bonds is 5. The van der Waals surface area contributed by atoms with Gasteiger partial charge in [0.25, 0.3) is 5.56 Å². The van der Waals surface area contributed by atoms with Crippen LogP contribution in [0.5, 0.6) is 0 Å². The highest BCUT2D eigenvalue weighted by Crippen LogP contribution is 2.30. The molecule has 0 saturated heterocycles. The molecule has 0 aliphatic rings. The molecule has 4 rings (SSSR count). The highest BCUT2D eigenvalue weighted by atomic mass is 35.5. The number of halogens is 1. The van der Waals surface area contributed by atoms with Crippen molar-refractivity contribution >= 4 is 39.1 Å². The van der Waals surface area contributed by atoms with Gasteiger partial charge >= 0.3 is 0 Å². The van der Waals surface area contributed by atoms with Crippen LogP contribution in [-0.4, -0.2) is 15.5 Å². The summed E-state index contributed by atoms with van der Waals surface area (Å²) in [6.45, 7) is 2.24. The summed E-state index contributed by atoms with van der Waals surface area (Å²) in [5, 5.41) is 5.32. The maximum absolute atomic E-state index is 12.8. The molecule has 0 unspecified atom stereocenters. The summed E-state index contributed by atoms with van der Waals surface area (Å²) in [4.78, 5) is 29.6. The Hall–Kier alpha value is -2.96. The van der Waals surface area contributed by atoms with Gasteiger partial charge < -0.3 is 5.32 Å². The van der Waals surface area contributed by atoms with E-state index in [-0.39, 0.29) is 18.0 Å². The second-order valence-electron chi connectivity index (χ2n) is 6.74. The van der Waals surface area contributed by atoms with Crippen LogP contribution in [0.3, 0.4) is 0 Å². The van der Waals surface area contributed by atoms with E-state index in [0.717, 1.165) is 16.7 Å². The molecule has 1 N–H and O–H groups in total. The van der Waals surface area contributed by atoms with Crippen LogP contribution in [0.25, 0.3) is 21.3 Å². The highest BCUT2D eigenvalue weighted by Gasteiger charge is 2.14. The molecule has 0 saturated carbocycles. The lowest BCUT2D eigenvalue weighted by molar-refractivity contribution is -0.121. The molecule has 2 heterocycles. The molecule has 7 heteroatoms. The van der Waals surface area contributed by atoms with Crippen LogP contribution in [0.15, 0.2) is 65.0 Å². The van der Waals surface area contributed by atoms with Crippen molar-refractivity contribution in [3.63, 3.8) is 0 Å². The van der Waals surface area contributed by atoms with Crippen molar-refractivity contribution < 1.29 is 4.79 Å². The van der Waals surface area contributed by atoms with Crippen molar-refractivity contribution in [3.05, 3.63) is 86.7 Å². The molecule has 2 aromatic carbocycles. The first-order chi connectivity index (χ1) is 14.0. The molecule has 1 amide bonds. The lowest BCUT2D eigenvalue weighted by Gasteiger charge is -2.08. The third-order valence-electron chi connectivity index (χ3n) is 4.66. The van der Waals surface area contributed by atoms with E-state index in [1.165, 1.54) is 27.8 Å². The van der Waals surface area contributed by atoms with Crippen molar-refractivity contribution in [3.8, 4) is 11.1 Å². The smallest absolute Gasteiger partial charge is 0.271 e. The van der Waals surface area contributed by atoms with Gasteiger partial charge in [0.05, 0.1) is 11.8 Å². The van der Waals surface area contributed by atoms with E-state index in [2.05, 4.69) is 10.3 Å². The molecular formula is C22H18ClN3O2S. The summed E-state index contributed by atoms with van der Waals surface area (Å²) in [7, 11) is 0. The molecule has 2 aromatic heterocycles. The van der Waals surface area contributed by atoms with E-state index in [4.69, 9.17) is 11.6 Å². The number of aromatic nitrogens is 2. The van der Waals surface area contributed by atoms with E-state index in [1.807, 2.05) is 54.8 Å². The van der Waals surface area contributed by atoms with Gasteiger partial charge in [0.1, 0.15) is 11.2 Å². The van der Waals surface area contributed by atoms with Crippen molar-refractivity contribution in [2.75, 3.05) is 0 Å². The largest absolute Gasteiger partial charge is 0.350 e. The lowest BCUT2D eigenvalue weighted by atomic mass is 10.1. The van der Waals surface area contributed by atoms with E-state index in [9.17, 15) is 9.59 Å². The minimum atomic E-state index is -0.275. The van der Waals surface area contributed by atoms with E-state index >= 15 is 0 Å². The molecule has 0 spiro atoms. The minimum absolute atomic E-state index is 0.0933. The van der Waals surface area contributed by atoms with Gasteiger partial charge in [-0.3, -0.25) is 14.2 Å². The molecule has 0 aliphatic heterocycles. The topological polar surface area (TPSA) is 64.0 Å². The van der Waals surface area contributed by atoms with Gasteiger partial charge in [0, 0.05) is 22.5 Å². The molecular weight excluding hydrogens is 406 g/mol. The van der Waals surface area contributed by atoms with Crippen LogP contribution in [0.1, 0.15) is 11.1 Å². The van der Waals surface area contributed by atoms with Gasteiger partial charge in [-0.05, 0) is 24.1 Å². The molecule has 0 aliphatic carbocycles. The Morgan fingerprint density at radius 2 is 1.93 bits per heavy atom. The summed E-state index contributed by atoms with van der Waals surface area (Å²) in [6.07, 6.45) is 1.43. The number of nitrogens with zero attached hydrogens (tertiary/aromatic N) is 2. The zero-order chi connectivity index (χ0) is 20.4. The molecule has 0 bridgehead atoms. The summed E-state index contributed by atoms with van der Waals surface area (Å²) in [6, 6.07) is 15.4. The first kappa shape index (κ1) is 19.4. The molecule has 4 aromatic rings. The van der Waals surface area contributed by atoms with E-state index in [0.29, 0.717) is 21.8 Å². The molecule has 0 radical (unpaired) electrons. The number of nitrogens with one attached hydrogen (secondary N) is 1. The standard InChI is InChI=1S/C22H18ClN3O2S/c1-14-6-8-15(9-7-14)17-12-29-21-20(17)25-13-26(22(21)28)11-19(27)24-10-16-4-2-3-5-18(16)23/h2-9,12-13H,10-11H2,1H3,(H,24,27). The fourth-order valence-electron chi connectivity index (χ4n) is 3.04. The molecule has 29 heavy (non-hydrogen) atoms. The minimum Gasteiger partial charge on any atom is -0.350 e. The first-order valence-electron chi connectivity index (χ1n) is 9.06. The van der Waals surface area contributed by atoms with Gasteiger partial charge in [-0.1, -0.05) is 59.6 Å². The van der Waals surface area contributed by atoms with Crippen LogP contribution >= 0.6 is 22.9 Å². The van der Waals surface area contributed by atoms with Gasteiger partial charge in [-0.25, -0.2) is 4.98 Å². The zero-order valence-corrected chi connectivity index (χ0v) is 17.3. The van der Waals surface area contributed by atoms with Gasteiger partial charge in [-0.15, -0.1) is 11.3 Å². The Labute approximate surface area is 176 Å². The van der Waals surface area contributed by atoms with Crippen LogP contribution in [0, 0.1) is 6.92 Å². The Bertz CT molecular complexity index is 1250.